The van der Waals surface area contributed by atoms with Crippen LogP contribution in [0.25, 0.3) is 11.3 Å². The van der Waals surface area contributed by atoms with E-state index in [4.69, 9.17) is 21.4 Å². The lowest BCUT2D eigenvalue weighted by Gasteiger charge is -2.26. The van der Waals surface area contributed by atoms with E-state index < -0.39 is 4.92 Å². The Morgan fingerprint density at radius 3 is 2.66 bits per heavy atom. The van der Waals surface area contributed by atoms with Crippen LogP contribution in [-0.2, 0) is 6.54 Å². The molecule has 0 saturated carbocycles. The minimum absolute atomic E-state index is 0.0108. The first kappa shape index (κ1) is 22.5. The van der Waals surface area contributed by atoms with Gasteiger partial charge in [0.1, 0.15) is 23.3 Å². The maximum absolute atomic E-state index is 11.2. The molecule has 0 bridgehead atoms. The molecule has 5 rings (SSSR count). The molecule has 1 saturated heterocycles. The number of ether oxygens (including phenoxy) is 1. The van der Waals surface area contributed by atoms with Crippen molar-refractivity contribution >= 4 is 23.0 Å². The average Bonchev–Trinajstić information content (AvgIpc) is 3.50. The van der Waals surface area contributed by atoms with Crippen molar-refractivity contribution in [1.29, 1.82) is 0 Å². The Hall–Kier alpha value is -4.24. The summed E-state index contributed by atoms with van der Waals surface area (Å²) in [6.45, 7) is 0.552. The molecular weight excluding hydrogens is 464 g/mol. The van der Waals surface area contributed by atoms with Gasteiger partial charge in [-0.05, 0) is 54.2 Å². The predicted octanol–water partition coefficient (Wildman–Crippen LogP) is 5.43. The Labute approximate surface area is 207 Å². The third-order valence-electron chi connectivity index (χ3n) is 5.97. The number of aromatic nitrogens is 1. The van der Waals surface area contributed by atoms with E-state index in [-0.39, 0.29) is 17.8 Å². The fraction of sp³-hybridized carbons (Fsp3) is 0.154. The van der Waals surface area contributed by atoms with Gasteiger partial charge in [-0.15, -0.1) is 0 Å². The summed E-state index contributed by atoms with van der Waals surface area (Å²) in [7, 11) is 1.64. The van der Waals surface area contributed by atoms with Crippen molar-refractivity contribution in [3.8, 4) is 17.1 Å². The number of non-ortho nitro benzene ring substituents is 1. The summed E-state index contributed by atoms with van der Waals surface area (Å²) in [5.74, 6) is 2.01. The van der Waals surface area contributed by atoms with Gasteiger partial charge < -0.3 is 19.4 Å². The molecule has 8 nitrogen and oxygen atoms in total. The number of nitrogens with one attached hydrogen (secondary N) is 1. The highest BCUT2D eigenvalue weighted by Crippen LogP contribution is 2.41. The largest absolute Gasteiger partial charge is 0.497 e. The number of furan rings is 1. The molecule has 0 aliphatic carbocycles. The number of nitrogens with zero attached hydrogens (tertiary/aromatic N) is 3. The van der Waals surface area contributed by atoms with E-state index >= 15 is 0 Å². The quantitative estimate of drug-likeness (QED) is 0.210. The molecular formula is C26H22N4O4S. The van der Waals surface area contributed by atoms with Crippen molar-refractivity contribution in [3.63, 3.8) is 0 Å². The second-order valence-corrected chi connectivity index (χ2v) is 8.50. The highest BCUT2D eigenvalue weighted by Gasteiger charge is 2.41. The van der Waals surface area contributed by atoms with Gasteiger partial charge in [0, 0.05) is 30.4 Å². The van der Waals surface area contributed by atoms with Crippen LogP contribution in [0.1, 0.15) is 29.1 Å². The van der Waals surface area contributed by atoms with Gasteiger partial charge in [-0.2, -0.15) is 0 Å². The van der Waals surface area contributed by atoms with E-state index in [9.17, 15) is 10.1 Å². The van der Waals surface area contributed by atoms with Gasteiger partial charge in [-0.1, -0.05) is 30.3 Å². The van der Waals surface area contributed by atoms with Crippen LogP contribution < -0.4 is 10.1 Å². The van der Waals surface area contributed by atoms with Gasteiger partial charge in [-0.25, -0.2) is 0 Å². The number of nitro groups is 1. The number of pyridine rings is 1. The van der Waals surface area contributed by atoms with Crippen LogP contribution in [0.2, 0.25) is 0 Å². The fourth-order valence-electron chi connectivity index (χ4n) is 4.25. The Morgan fingerprint density at radius 1 is 1.11 bits per heavy atom. The number of hydrogen-bond acceptors (Lipinski definition) is 6. The molecule has 2 aromatic heterocycles. The molecule has 1 N–H and O–H groups in total. The smallest absolute Gasteiger partial charge is 0.270 e. The molecule has 0 radical (unpaired) electrons. The fourth-order valence-corrected chi connectivity index (χ4v) is 4.56. The van der Waals surface area contributed by atoms with Crippen molar-refractivity contribution in [3.05, 3.63) is 112 Å². The van der Waals surface area contributed by atoms with Crippen LogP contribution in [0, 0.1) is 10.1 Å². The zero-order valence-corrected chi connectivity index (χ0v) is 19.6. The van der Waals surface area contributed by atoms with Gasteiger partial charge in [0.25, 0.3) is 5.69 Å². The summed E-state index contributed by atoms with van der Waals surface area (Å²) in [6.07, 6.45) is 1.75. The lowest BCUT2D eigenvalue weighted by Crippen LogP contribution is -2.29. The van der Waals surface area contributed by atoms with Gasteiger partial charge in [-0.3, -0.25) is 15.1 Å². The van der Waals surface area contributed by atoms with E-state index in [0.717, 1.165) is 17.0 Å². The minimum atomic E-state index is -0.416. The number of thiocarbonyl (C=S) groups is 1. The minimum Gasteiger partial charge on any atom is -0.497 e. The molecule has 176 valence electrons. The van der Waals surface area contributed by atoms with Gasteiger partial charge >= 0.3 is 0 Å². The normalized spacial score (nSPS) is 17.3. The molecule has 35 heavy (non-hydrogen) atoms. The van der Waals surface area contributed by atoms with Gasteiger partial charge in [0.05, 0.1) is 23.8 Å². The first-order valence-corrected chi connectivity index (χ1v) is 11.4. The SMILES string of the molecule is COc1ccc(CN2C(=S)N[C@@H](c3ccccn3)[C@@H]2c2ccc(-c3cccc([N+](=O)[O-])c3)o2)cc1. The zero-order valence-electron chi connectivity index (χ0n) is 18.8. The predicted molar refractivity (Wildman–Crippen MR) is 135 cm³/mol. The molecule has 2 aromatic carbocycles. The third kappa shape index (κ3) is 4.58. The summed E-state index contributed by atoms with van der Waals surface area (Å²) in [4.78, 5) is 17.4. The van der Waals surface area contributed by atoms with Crippen LogP contribution in [0.15, 0.2) is 89.5 Å². The topological polar surface area (TPSA) is 93.7 Å². The molecule has 4 aromatic rings. The Morgan fingerprint density at radius 2 is 1.94 bits per heavy atom. The average molecular weight is 487 g/mol. The maximum Gasteiger partial charge on any atom is 0.270 e. The molecule has 1 aliphatic heterocycles. The maximum atomic E-state index is 11.2. The van der Waals surface area contributed by atoms with E-state index in [2.05, 4.69) is 15.2 Å². The van der Waals surface area contributed by atoms with Crippen molar-refractivity contribution in [2.75, 3.05) is 7.11 Å². The summed E-state index contributed by atoms with van der Waals surface area (Å²) >= 11 is 5.73. The molecule has 3 heterocycles. The second-order valence-electron chi connectivity index (χ2n) is 8.11. The van der Waals surface area contributed by atoms with Gasteiger partial charge in [0.15, 0.2) is 5.11 Å². The number of methoxy groups -OCH3 is 1. The second kappa shape index (κ2) is 9.55. The van der Waals surface area contributed by atoms with E-state index in [1.807, 2.05) is 54.6 Å². The summed E-state index contributed by atoms with van der Waals surface area (Å²) in [6, 6.07) is 23.2. The highest BCUT2D eigenvalue weighted by atomic mass is 32.1. The lowest BCUT2D eigenvalue weighted by molar-refractivity contribution is -0.384. The monoisotopic (exact) mass is 486 g/mol. The molecule has 0 unspecified atom stereocenters. The summed E-state index contributed by atoms with van der Waals surface area (Å²) in [5, 5.41) is 15.2. The van der Waals surface area contributed by atoms with Crippen LogP contribution in [-0.4, -0.2) is 27.0 Å². The molecule has 0 spiro atoms. The zero-order chi connectivity index (χ0) is 24.4. The lowest BCUT2D eigenvalue weighted by atomic mass is 10.0. The number of rotatable bonds is 7. The Kier molecular flexibility index (Phi) is 6.15. The molecule has 0 amide bonds. The van der Waals surface area contributed by atoms with Crippen LogP contribution in [0.4, 0.5) is 5.69 Å². The highest BCUT2D eigenvalue weighted by molar-refractivity contribution is 7.80. The summed E-state index contributed by atoms with van der Waals surface area (Å²) in [5.41, 5.74) is 2.55. The number of hydrogen-bond donors (Lipinski definition) is 1. The van der Waals surface area contributed by atoms with Crippen molar-refractivity contribution < 1.29 is 14.1 Å². The number of nitro benzene ring substituents is 1. The van der Waals surface area contributed by atoms with E-state index in [0.29, 0.717) is 28.7 Å². The van der Waals surface area contributed by atoms with Crippen LogP contribution in [0.3, 0.4) is 0 Å². The van der Waals surface area contributed by atoms with Gasteiger partial charge in [0.2, 0.25) is 0 Å². The first-order chi connectivity index (χ1) is 17.0. The Balaban J connectivity index is 1.51. The van der Waals surface area contributed by atoms with Crippen LogP contribution >= 0.6 is 12.2 Å². The van der Waals surface area contributed by atoms with E-state index in [1.165, 1.54) is 12.1 Å². The van der Waals surface area contributed by atoms with Crippen LogP contribution in [0.5, 0.6) is 5.75 Å². The Bertz CT molecular complexity index is 1360. The van der Waals surface area contributed by atoms with E-state index in [1.54, 1.807) is 25.4 Å². The van der Waals surface area contributed by atoms with Crippen molar-refractivity contribution in [2.45, 2.75) is 18.6 Å². The molecule has 2 atom stereocenters. The molecule has 1 fully saturated rings. The number of benzene rings is 2. The molecule has 1 aliphatic rings. The van der Waals surface area contributed by atoms with Crippen molar-refractivity contribution in [2.24, 2.45) is 0 Å². The third-order valence-corrected chi connectivity index (χ3v) is 6.32. The summed E-state index contributed by atoms with van der Waals surface area (Å²) < 4.78 is 11.6. The van der Waals surface area contributed by atoms with Crippen molar-refractivity contribution in [1.82, 2.24) is 15.2 Å². The molecule has 9 heteroatoms. The first-order valence-electron chi connectivity index (χ1n) is 11.0. The standard InChI is InChI=1S/C26H22N4O4S/c1-33-20-10-8-17(9-11-20)16-29-25(24(28-26(29)35)21-7-2-3-14-27-21)23-13-12-22(34-23)18-5-4-6-19(15-18)30(31)32/h2-15,24-25H,16H2,1H3,(H,28,35)/t24-,25-/m0/s1.